The summed E-state index contributed by atoms with van der Waals surface area (Å²) in [6.07, 6.45) is 1.20. The van der Waals surface area contributed by atoms with Crippen molar-refractivity contribution in [3.05, 3.63) is 15.9 Å². The summed E-state index contributed by atoms with van der Waals surface area (Å²) >= 11 is 3.55. The Hall–Kier alpha value is -0.390. The Labute approximate surface area is 117 Å². The highest BCUT2D eigenvalue weighted by atomic mass is 79.9. The van der Waals surface area contributed by atoms with E-state index in [0.717, 1.165) is 54.3 Å². The zero-order valence-corrected chi connectivity index (χ0v) is 12.9. The van der Waals surface area contributed by atoms with Crippen LogP contribution >= 0.6 is 15.9 Å². The van der Waals surface area contributed by atoms with E-state index in [0.29, 0.717) is 0 Å². The average Bonchev–Trinajstić information content (AvgIpc) is 2.58. The summed E-state index contributed by atoms with van der Waals surface area (Å²) in [6, 6.07) is 0. The maximum Gasteiger partial charge on any atom is 0.105 e. The Morgan fingerprint density at radius 3 is 2.67 bits per heavy atom. The van der Waals surface area contributed by atoms with E-state index in [2.05, 4.69) is 39.8 Å². The molecule has 0 bridgehead atoms. The van der Waals surface area contributed by atoms with Gasteiger partial charge >= 0.3 is 0 Å². The Kier molecular flexibility index (Phi) is 4.45. The van der Waals surface area contributed by atoms with Gasteiger partial charge in [-0.1, -0.05) is 13.8 Å². The number of hydrogen-bond acceptors (Lipinski definition) is 3. The third-order valence-electron chi connectivity index (χ3n) is 3.64. The summed E-state index contributed by atoms with van der Waals surface area (Å²) in [5.41, 5.74) is 1.92. The SMILES string of the molecule is CCc1c(Br)c(C(O)CCN2CC(C)C2)nn1C. The van der Waals surface area contributed by atoms with Crippen LogP contribution in [0.5, 0.6) is 0 Å². The minimum Gasteiger partial charge on any atom is -0.387 e. The van der Waals surface area contributed by atoms with Crippen LogP contribution in [0, 0.1) is 5.92 Å². The van der Waals surface area contributed by atoms with Crippen molar-refractivity contribution in [1.29, 1.82) is 0 Å². The van der Waals surface area contributed by atoms with Crippen molar-refractivity contribution < 1.29 is 5.11 Å². The van der Waals surface area contributed by atoms with Gasteiger partial charge in [-0.3, -0.25) is 4.68 Å². The third kappa shape index (κ3) is 2.78. The van der Waals surface area contributed by atoms with E-state index < -0.39 is 6.10 Å². The molecule has 0 saturated carbocycles. The van der Waals surface area contributed by atoms with Gasteiger partial charge in [0.15, 0.2) is 0 Å². The highest BCUT2D eigenvalue weighted by Gasteiger charge is 2.24. The fourth-order valence-electron chi connectivity index (χ4n) is 2.60. The molecule has 1 aromatic heterocycles. The summed E-state index contributed by atoms with van der Waals surface area (Å²) in [5, 5.41) is 14.7. The Morgan fingerprint density at radius 1 is 1.50 bits per heavy atom. The molecule has 0 aromatic carbocycles. The van der Waals surface area contributed by atoms with Crippen molar-refractivity contribution in [2.45, 2.75) is 32.8 Å². The monoisotopic (exact) mass is 315 g/mol. The first-order chi connectivity index (χ1) is 8.52. The van der Waals surface area contributed by atoms with E-state index in [1.165, 1.54) is 0 Å². The minimum atomic E-state index is -0.471. The molecule has 1 aliphatic rings. The van der Waals surface area contributed by atoms with Gasteiger partial charge in [0, 0.05) is 26.7 Å². The quantitative estimate of drug-likeness (QED) is 0.905. The summed E-state index contributed by atoms with van der Waals surface area (Å²) in [6.45, 7) is 7.64. The molecule has 0 aliphatic carbocycles. The maximum atomic E-state index is 10.2. The molecule has 0 radical (unpaired) electrons. The largest absolute Gasteiger partial charge is 0.387 e. The zero-order chi connectivity index (χ0) is 13.3. The van der Waals surface area contributed by atoms with Crippen LogP contribution in [-0.2, 0) is 13.5 Å². The number of aliphatic hydroxyl groups excluding tert-OH is 1. The van der Waals surface area contributed by atoms with Crippen molar-refractivity contribution in [2.75, 3.05) is 19.6 Å². The van der Waals surface area contributed by atoms with Crippen LogP contribution in [0.3, 0.4) is 0 Å². The van der Waals surface area contributed by atoms with Gasteiger partial charge in [0.25, 0.3) is 0 Å². The number of nitrogens with zero attached hydrogens (tertiary/aromatic N) is 3. The number of aromatic nitrogens is 2. The van der Waals surface area contributed by atoms with Gasteiger partial charge in [0.1, 0.15) is 11.8 Å². The molecule has 4 nitrogen and oxygen atoms in total. The normalized spacial score (nSPS) is 18.9. The number of aryl methyl sites for hydroxylation is 1. The van der Waals surface area contributed by atoms with E-state index in [4.69, 9.17) is 0 Å². The molecule has 1 fully saturated rings. The predicted molar refractivity (Wildman–Crippen MR) is 75.5 cm³/mol. The second-order valence-corrected chi connectivity index (χ2v) is 6.09. The Balaban J connectivity index is 1.94. The molecule has 18 heavy (non-hydrogen) atoms. The first-order valence-electron chi connectivity index (χ1n) is 6.64. The molecule has 1 saturated heterocycles. The van der Waals surface area contributed by atoms with Crippen molar-refractivity contribution in [2.24, 2.45) is 13.0 Å². The molecular formula is C13H22BrN3O. The van der Waals surface area contributed by atoms with E-state index in [-0.39, 0.29) is 0 Å². The van der Waals surface area contributed by atoms with E-state index >= 15 is 0 Å². The molecule has 102 valence electrons. The van der Waals surface area contributed by atoms with Gasteiger partial charge in [-0.25, -0.2) is 0 Å². The van der Waals surface area contributed by atoms with Crippen LogP contribution in [0.2, 0.25) is 0 Å². The molecule has 1 aromatic rings. The first kappa shape index (κ1) is 14.0. The lowest BCUT2D eigenvalue weighted by atomic mass is 10.0. The van der Waals surface area contributed by atoms with Gasteiger partial charge in [-0.05, 0) is 34.7 Å². The highest BCUT2D eigenvalue weighted by molar-refractivity contribution is 9.10. The van der Waals surface area contributed by atoms with Gasteiger partial charge in [0.2, 0.25) is 0 Å². The van der Waals surface area contributed by atoms with E-state index in [1.54, 1.807) is 0 Å². The molecule has 1 aliphatic heterocycles. The van der Waals surface area contributed by atoms with E-state index in [1.807, 2.05) is 11.7 Å². The first-order valence-corrected chi connectivity index (χ1v) is 7.43. The Bertz CT molecular complexity index is 413. The molecule has 2 heterocycles. The molecule has 1 unspecified atom stereocenters. The molecule has 5 heteroatoms. The summed E-state index contributed by atoms with van der Waals surface area (Å²) in [7, 11) is 1.93. The second-order valence-electron chi connectivity index (χ2n) is 5.29. The fraction of sp³-hybridized carbons (Fsp3) is 0.769. The number of rotatable bonds is 5. The van der Waals surface area contributed by atoms with Crippen LogP contribution in [0.25, 0.3) is 0 Å². The average molecular weight is 316 g/mol. The van der Waals surface area contributed by atoms with E-state index in [9.17, 15) is 5.11 Å². The van der Waals surface area contributed by atoms with Crippen molar-refractivity contribution in [3.8, 4) is 0 Å². The van der Waals surface area contributed by atoms with Gasteiger partial charge in [0.05, 0.1) is 10.2 Å². The standard InChI is InChI=1S/C13H22BrN3O/c1-4-10-12(14)13(15-16(10)3)11(18)5-6-17-7-9(2)8-17/h9,11,18H,4-8H2,1-3H3. The molecule has 2 rings (SSSR count). The molecule has 1 N–H and O–H groups in total. The fourth-order valence-corrected chi connectivity index (χ4v) is 3.49. The lowest BCUT2D eigenvalue weighted by molar-refractivity contribution is 0.0791. The lowest BCUT2D eigenvalue weighted by Gasteiger charge is -2.37. The summed E-state index contributed by atoms with van der Waals surface area (Å²) in [5.74, 6) is 0.815. The van der Waals surface area contributed by atoms with Crippen LogP contribution in [0.15, 0.2) is 4.47 Å². The number of halogens is 1. The van der Waals surface area contributed by atoms with Crippen molar-refractivity contribution >= 4 is 15.9 Å². The zero-order valence-electron chi connectivity index (χ0n) is 11.4. The lowest BCUT2D eigenvalue weighted by Crippen LogP contribution is -2.45. The maximum absolute atomic E-state index is 10.2. The molecule has 0 spiro atoms. The van der Waals surface area contributed by atoms with Crippen LogP contribution in [0.1, 0.15) is 37.8 Å². The number of hydrogen-bond donors (Lipinski definition) is 1. The van der Waals surface area contributed by atoms with Crippen LogP contribution in [-0.4, -0.2) is 39.4 Å². The smallest absolute Gasteiger partial charge is 0.105 e. The predicted octanol–water partition coefficient (Wildman–Crippen LogP) is 2.12. The van der Waals surface area contributed by atoms with Gasteiger partial charge in [-0.2, -0.15) is 5.10 Å². The van der Waals surface area contributed by atoms with Crippen molar-refractivity contribution in [3.63, 3.8) is 0 Å². The summed E-state index contributed by atoms with van der Waals surface area (Å²) in [4.78, 5) is 2.38. The summed E-state index contributed by atoms with van der Waals surface area (Å²) < 4.78 is 2.82. The second kappa shape index (κ2) is 5.72. The van der Waals surface area contributed by atoms with Gasteiger partial charge in [-0.15, -0.1) is 0 Å². The molecule has 0 amide bonds. The van der Waals surface area contributed by atoms with Gasteiger partial charge < -0.3 is 10.0 Å². The van der Waals surface area contributed by atoms with Crippen molar-refractivity contribution in [1.82, 2.24) is 14.7 Å². The van der Waals surface area contributed by atoms with Crippen LogP contribution in [0.4, 0.5) is 0 Å². The topological polar surface area (TPSA) is 41.3 Å². The molecular weight excluding hydrogens is 294 g/mol. The third-order valence-corrected chi connectivity index (χ3v) is 4.50. The Morgan fingerprint density at radius 2 is 2.17 bits per heavy atom. The van der Waals surface area contributed by atoms with Crippen LogP contribution < -0.4 is 0 Å². The number of likely N-dealkylation sites (tertiary alicyclic amines) is 1. The number of aliphatic hydroxyl groups is 1. The highest BCUT2D eigenvalue weighted by Crippen LogP contribution is 2.29. The minimum absolute atomic E-state index is 0.471. The molecule has 1 atom stereocenters.